The van der Waals surface area contributed by atoms with Gasteiger partial charge >= 0.3 is 0 Å². The lowest BCUT2D eigenvalue weighted by Gasteiger charge is -2.21. The van der Waals surface area contributed by atoms with Gasteiger partial charge in [0.15, 0.2) is 0 Å². The fourth-order valence-electron chi connectivity index (χ4n) is 2.36. The maximum Gasteiger partial charge on any atom is 0.246 e. The molecule has 4 nitrogen and oxygen atoms in total. The number of halogens is 2. The number of aliphatic hydroxyl groups excluding tert-OH is 1. The van der Waals surface area contributed by atoms with E-state index in [1.165, 1.54) is 18.1 Å². The van der Waals surface area contributed by atoms with E-state index in [1.54, 1.807) is 18.2 Å². The Bertz CT molecular complexity index is 742. The number of methoxy groups -OCH3 is 1. The van der Waals surface area contributed by atoms with Crippen LogP contribution in [0.5, 0.6) is 5.75 Å². The van der Waals surface area contributed by atoms with Crippen LogP contribution in [0.15, 0.2) is 48.5 Å². The number of aliphatic hydroxyl groups is 1. The highest BCUT2D eigenvalue weighted by atomic mass is 19.1. The molecule has 0 aromatic heterocycles. The van der Waals surface area contributed by atoms with Gasteiger partial charge in [-0.2, -0.15) is 0 Å². The summed E-state index contributed by atoms with van der Waals surface area (Å²) in [5.74, 6) is -1.35. The van der Waals surface area contributed by atoms with Crippen molar-refractivity contribution in [3.8, 4) is 5.75 Å². The molecular formula is C19H19F2NO3. The minimum Gasteiger partial charge on any atom is -0.496 e. The summed E-state index contributed by atoms with van der Waals surface area (Å²) in [6, 6.07) is 10.7. The Balaban J connectivity index is 2.19. The molecule has 0 atom stereocenters. The van der Waals surface area contributed by atoms with E-state index >= 15 is 0 Å². The van der Waals surface area contributed by atoms with Gasteiger partial charge in [0.2, 0.25) is 5.91 Å². The standard InChI is InChI=1S/C19H19F2NO3/c1-25-18-8-3-2-5-14(18)13-22(11-12-23)19(24)10-9-15-16(20)6-4-7-17(15)21/h2-10,23H,11-13H2,1H3/b10-9+. The van der Waals surface area contributed by atoms with Gasteiger partial charge in [-0.05, 0) is 24.3 Å². The number of ether oxygens (including phenoxy) is 1. The minimum atomic E-state index is -0.748. The predicted octanol–water partition coefficient (Wildman–Crippen LogP) is 3.01. The van der Waals surface area contributed by atoms with Crippen molar-refractivity contribution < 1.29 is 23.4 Å². The molecule has 2 aromatic rings. The van der Waals surface area contributed by atoms with Gasteiger partial charge in [0.05, 0.1) is 13.7 Å². The van der Waals surface area contributed by atoms with Gasteiger partial charge in [-0.15, -0.1) is 0 Å². The number of benzene rings is 2. The first kappa shape index (κ1) is 18.6. The fraction of sp³-hybridized carbons (Fsp3) is 0.211. The van der Waals surface area contributed by atoms with Crippen molar-refractivity contribution in [2.75, 3.05) is 20.3 Å². The highest BCUT2D eigenvalue weighted by molar-refractivity contribution is 5.91. The zero-order valence-electron chi connectivity index (χ0n) is 13.8. The van der Waals surface area contributed by atoms with Crippen molar-refractivity contribution in [1.82, 2.24) is 4.90 Å². The van der Waals surface area contributed by atoms with Crippen LogP contribution in [0.4, 0.5) is 8.78 Å². The molecule has 0 heterocycles. The maximum atomic E-state index is 13.6. The molecule has 2 rings (SSSR count). The third kappa shape index (κ3) is 4.87. The van der Waals surface area contributed by atoms with E-state index in [9.17, 15) is 18.7 Å². The van der Waals surface area contributed by atoms with Gasteiger partial charge < -0.3 is 14.7 Å². The van der Waals surface area contributed by atoms with Gasteiger partial charge in [-0.25, -0.2) is 8.78 Å². The Morgan fingerprint density at radius 1 is 1.16 bits per heavy atom. The molecule has 2 aromatic carbocycles. The first-order chi connectivity index (χ1) is 12.1. The minimum absolute atomic E-state index is 0.0843. The first-order valence-electron chi connectivity index (χ1n) is 7.70. The SMILES string of the molecule is COc1ccccc1CN(CCO)C(=O)/C=C/c1c(F)cccc1F. The molecule has 25 heavy (non-hydrogen) atoms. The molecule has 0 radical (unpaired) electrons. The van der Waals surface area contributed by atoms with Gasteiger partial charge in [-0.1, -0.05) is 24.3 Å². The van der Waals surface area contributed by atoms with Crippen LogP contribution in [0.1, 0.15) is 11.1 Å². The lowest BCUT2D eigenvalue weighted by atomic mass is 10.1. The van der Waals surface area contributed by atoms with Crippen molar-refractivity contribution in [2.24, 2.45) is 0 Å². The lowest BCUT2D eigenvalue weighted by Crippen LogP contribution is -2.31. The second kappa shape index (κ2) is 8.94. The fourth-order valence-corrected chi connectivity index (χ4v) is 2.36. The van der Waals surface area contributed by atoms with Crippen LogP contribution in [0, 0.1) is 11.6 Å². The monoisotopic (exact) mass is 347 g/mol. The molecule has 0 spiro atoms. The van der Waals surface area contributed by atoms with Gasteiger partial charge in [0.25, 0.3) is 0 Å². The molecule has 0 saturated carbocycles. The zero-order chi connectivity index (χ0) is 18.2. The smallest absolute Gasteiger partial charge is 0.246 e. The summed E-state index contributed by atoms with van der Waals surface area (Å²) in [4.78, 5) is 13.7. The second-order valence-corrected chi connectivity index (χ2v) is 5.26. The van der Waals surface area contributed by atoms with E-state index < -0.39 is 17.5 Å². The van der Waals surface area contributed by atoms with Crippen LogP contribution in [0.3, 0.4) is 0 Å². The van der Waals surface area contributed by atoms with Crippen molar-refractivity contribution >= 4 is 12.0 Å². The highest BCUT2D eigenvalue weighted by Gasteiger charge is 2.14. The Morgan fingerprint density at radius 2 is 1.84 bits per heavy atom. The Kier molecular flexibility index (Phi) is 6.65. The molecule has 6 heteroatoms. The number of para-hydroxylation sites is 1. The number of hydrogen-bond donors (Lipinski definition) is 1. The molecular weight excluding hydrogens is 328 g/mol. The Morgan fingerprint density at radius 3 is 2.48 bits per heavy atom. The quantitative estimate of drug-likeness (QED) is 0.784. The second-order valence-electron chi connectivity index (χ2n) is 5.26. The number of hydrogen-bond acceptors (Lipinski definition) is 3. The third-order valence-corrected chi connectivity index (χ3v) is 3.63. The van der Waals surface area contributed by atoms with Crippen molar-refractivity contribution in [1.29, 1.82) is 0 Å². The van der Waals surface area contributed by atoms with Crippen LogP contribution in [0.25, 0.3) is 6.08 Å². The molecule has 0 fully saturated rings. The van der Waals surface area contributed by atoms with E-state index in [-0.39, 0.29) is 25.3 Å². The van der Waals surface area contributed by atoms with Crippen LogP contribution in [-0.2, 0) is 11.3 Å². The molecule has 1 amide bonds. The normalized spacial score (nSPS) is 10.9. The number of amides is 1. The average Bonchev–Trinajstić information content (AvgIpc) is 2.61. The van der Waals surface area contributed by atoms with Crippen molar-refractivity contribution in [3.63, 3.8) is 0 Å². The van der Waals surface area contributed by atoms with Gasteiger partial charge in [-0.3, -0.25) is 4.79 Å². The Labute approximate surface area is 145 Å². The maximum absolute atomic E-state index is 13.6. The lowest BCUT2D eigenvalue weighted by molar-refractivity contribution is -0.127. The topological polar surface area (TPSA) is 49.8 Å². The molecule has 0 bridgehead atoms. The molecule has 0 unspecified atom stereocenters. The van der Waals surface area contributed by atoms with Crippen LogP contribution >= 0.6 is 0 Å². The van der Waals surface area contributed by atoms with E-state index in [2.05, 4.69) is 0 Å². The molecule has 0 saturated heterocycles. The van der Waals surface area contributed by atoms with E-state index in [4.69, 9.17) is 4.74 Å². The summed E-state index contributed by atoms with van der Waals surface area (Å²) in [6.07, 6.45) is 2.19. The summed E-state index contributed by atoms with van der Waals surface area (Å²) in [6.45, 7) is 0.0528. The molecule has 0 aliphatic rings. The largest absolute Gasteiger partial charge is 0.496 e. The van der Waals surface area contributed by atoms with Gasteiger partial charge in [0, 0.05) is 30.3 Å². The molecule has 1 N–H and O–H groups in total. The number of carbonyl (C=O) groups is 1. The molecule has 0 aliphatic carbocycles. The first-order valence-corrected chi connectivity index (χ1v) is 7.70. The van der Waals surface area contributed by atoms with E-state index in [0.717, 1.165) is 29.8 Å². The van der Waals surface area contributed by atoms with E-state index in [0.29, 0.717) is 5.75 Å². The van der Waals surface area contributed by atoms with Crippen molar-refractivity contribution in [2.45, 2.75) is 6.54 Å². The summed E-state index contributed by atoms with van der Waals surface area (Å²) in [7, 11) is 1.53. The van der Waals surface area contributed by atoms with Crippen LogP contribution in [0.2, 0.25) is 0 Å². The summed E-state index contributed by atoms with van der Waals surface area (Å²) < 4.78 is 32.5. The molecule has 132 valence electrons. The van der Waals surface area contributed by atoms with Crippen LogP contribution in [-0.4, -0.2) is 36.2 Å². The number of nitrogens with zero attached hydrogens (tertiary/aromatic N) is 1. The average molecular weight is 347 g/mol. The summed E-state index contributed by atoms with van der Waals surface area (Å²) >= 11 is 0. The summed E-state index contributed by atoms with van der Waals surface area (Å²) in [5.41, 5.74) is 0.481. The van der Waals surface area contributed by atoms with Crippen LogP contribution < -0.4 is 4.74 Å². The summed E-state index contributed by atoms with van der Waals surface area (Å²) in [5, 5.41) is 9.19. The number of rotatable bonds is 7. The molecule has 0 aliphatic heterocycles. The Hall–Kier alpha value is -2.73. The zero-order valence-corrected chi connectivity index (χ0v) is 13.8. The highest BCUT2D eigenvalue weighted by Crippen LogP contribution is 2.20. The third-order valence-electron chi connectivity index (χ3n) is 3.63. The van der Waals surface area contributed by atoms with Gasteiger partial charge in [0.1, 0.15) is 17.4 Å². The predicted molar refractivity (Wildman–Crippen MR) is 90.9 cm³/mol. The number of carbonyl (C=O) groups excluding carboxylic acids is 1. The van der Waals surface area contributed by atoms with E-state index in [1.807, 2.05) is 6.07 Å². The van der Waals surface area contributed by atoms with Crippen molar-refractivity contribution in [3.05, 3.63) is 71.3 Å².